The Morgan fingerprint density at radius 1 is 1.21 bits per heavy atom. The molecule has 0 saturated carbocycles. The maximum atomic E-state index is 13.2. The van der Waals surface area contributed by atoms with Crippen LogP contribution in [0.3, 0.4) is 0 Å². The van der Waals surface area contributed by atoms with Crippen molar-refractivity contribution in [2.45, 2.75) is 26.7 Å². The van der Waals surface area contributed by atoms with Gasteiger partial charge in [-0.25, -0.2) is 4.39 Å². The van der Waals surface area contributed by atoms with Crippen LogP contribution in [0.15, 0.2) is 88.0 Å². The van der Waals surface area contributed by atoms with Crippen molar-refractivity contribution in [2.24, 2.45) is 15.1 Å². The van der Waals surface area contributed by atoms with Crippen LogP contribution in [0.5, 0.6) is 0 Å². The van der Waals surface area contributed by atoms with Crippen LogP contribution >= 0.6 is 11.8 Å². The number of nitrogens with zero attached hydrogens (tertiary/aromatic N) is 5. The Morgan fingerprint density at radius 3 is 2.67 bits per heavy atom. The van der Waals surface area contributed by atoms with Crippen molar-refractivity contribution in [3.63, 3.8) is 0 Å². The van der Waals surface area contributed by atoms with E-state index in [2.05, 4.69) is 35.8 Å². The molecule has 0 fully saturated rings. The molecule has 0 unspecified atom stereocenters. The SMILES string of the molecule is C=C(CN1N=C(C(C)=NC(=C)c2cccc(C)c2)CCC1=C)SC(=NC)c1ccc(F)cn1. The van der Waals surface area contributed by atoms with Crippen LogP contribution < -0.4 is 0 Å². The molecule has 0 amide bonds. The third kappa shape index (κ3) is 6.58. The minimum absolute atomic E-state index is 0.383. The number of pyridine rings is 1. The van der Waals surface area contributed by atoms with Crippen LogP contribution in [0.25, 0.3) is 5.70 Å². The molecule has 0 atom stereocenters. The summed E-state index contributed by atoms with van der Waals surface area (Å²) in [6.45, 7) is 16.9. The Bertz CT molecular complexity index is 1160. The van der Waals surface area contributed by atoms with E-state index in [0.29, 0.717) is 23.0 Å². The third-order valence-electron chi connectivity index (χ3n) is 5.05. The summed E-state index contributed by atoms with van der Waals surface area (Å²) in [6.07, 6.45) is 2.74. The molecule has 1 aromatic heterocycles. The van der Waals surface area contributed by atoms with E-state index in [1.54, 1.807) is 13.1 Å². The molecule has 7 heteroatoms. The highest BCUT2D eigenvalue weighted by Gasteiger charge is 2.19. The molecule has 2 aromatic rings. The molecule has 5 nitrogen and oxygen atoms in total. The van der Waals surface area contributed by atoms with Crippen molar-refractivity contribution >= 4 is 33.9 Å². The predicted octanol–water partition coefficient (Wildman–Crippen LogP) is 6.25. The minimum Gasteiger partial charge on any atom is -0.279 e. The summed E-state index contributed by atoms with van der Waals surface area (Å²) >= 11 is 1.39. The van der Waals surface area contributed by atoms with Gasteiger partial charge in [0.15, 0.2) is 0 Å². The molecule has 1 aromatic carbocycles. The topological polar surface area (TPSA) is 53.2 Å². The third-order valence-corrected chi connectivity index (χ3v) is 6.05. The van der Waals surface area contributed by atoms with Crippen molar-refractivity contribution in [1.29, 1.82) is 0 Å². The highest BCUT2D eigenvalue weighted by molar-refractivity contribution is 8.17. The van der Waals surface area contributed by atoms with Crippen LogP contribution in [0.1, 0.15) is 36.6 Å². The molecular formula is C26H28FN5S. The molecule has 170 valence electrons. The number of hydrogen-bond donors (Lipinski definition) is 0. The number of hydrazone groups is 1. The lowest BCUT2D eigenvalue weighted by atomic mass is 10.1. The van der Waals surface area contributed by atoms with E-state index in [1.807, 2.05) is 37.1 Å². The minimum atomic E-state index is -0.383. The molecule has 0 aliphatic carbocycles. The van der Waals surface area contributed by atoms with Crippen LogP contribution in [-0.2, 0) is 0 Å². The summed E-state index contributed by atoms with van der Waals surface area (Å²) in [6, 6.07) is 11.1. The molecular weight excluding hydrogens is 433 g/mol. The Balaban J connectivity index is 1.71. The van der Waals surface area contributed by atoms with Crippen molar-refractivity contribution in [3.05, 3.63) is 95.6 Å². The number of aliphatic imine (C=N–C) groups is 2. The van der Waals surface area contributed by atoms with Gasteiger partial charge in [0.05, 0.1) is 35.6 Å². The summed E-state index contributed by atoms with van der Waals surface area (Å²) in [5, 5.41) is 7.30. The maximum Gasteiger partial charge on any atom is 0.141 e. The Morgan fingerprint density at radius 2 is 2.00 bits per heavy atom. The molecule has 3 rings (SSSR count). The molecule has 0 saturated heterocycles. The van der Waals surface area contributed by atoms with Gasteiger partial charge in [0.2, 0.25) is 0 Å². The number of allylic oxidation sites excluding steroid dienone is 1. The van der Waals surface area contributed by atoms with E-state index in [-0.39, 0.29) is 5.82 Å². The zero-order valence-corrected chi connectivity index (χ0v) is 20.1. The van der Waals surface area contributed by atoms with Crippen LogP contribution in [0.2, 0.25) is 0 Å². The first-order chi connectivity index (χ1) is 15.8. The molecule has 33 heavy (non-hydrogen) atoms. The number of aromatic nitrogens is 1. The summed E-state index contributed by atoms with van der Waals surface area (Å²) in [7, 11) is 1.68. The number of aryl methyl sites for hydroxylation is 1. The average Bonchev–Trinajstić information content (AvgIpc) is 2.79. The first-order valence-corrected chi connectivity index (χ1v) is 11.4. The molecule has 0 N–H and O–H groups in total. The van der Waals surface area contributed by atoms with E-state index in [9.17, 15) is 4.39 Å². The Hall–Kier alpha value is -3.32. The molecule has 2 heterocycles. The van der Waals surface area contributed by atoms with Crippen molar-refractivity contribution in [2.75, 3.05) is 13.6 Å². The molecule has 0 radical (unpaired) electrons. The second-order valence-electron chi connectivity index (χ2n) is 7.72. The fraction of sp³-hybridized carbons (Fsp3) is 0.231. The second-order valence-corrected chi connectivity index (χ2v) is 8.88. The molecule has 1 aliphatic heterocycles. The monoisotopic (exact) mass is 461 g/mol. The Kier molecular flexibility index (Phi) is 8.11. The molecule has 0 spiro atoms. The molecule has 0 bridgehead atoms. The van der Waals surface area contributed by atoms with Crippen molar-refractivity contribution in [1.82, 2.24) is 9.99 Å². The Labute approximate surface area is 199 Å². The summed E-state index contributed by atoms with van der Waals surface area (Å²) < 4.78 is 13.2. The van der Waals surface area contributed by atoms with Gasteiger partial charge in [-0.1, -0.05) is 55.3 Å². The van der Waals surface area contributed by atoms with Gasteiger partial charge in [-0.2, -0.15) is 5.10 Å². The quantitative estimate of drug-likeness (QED) is 0.362. The van der Waals surface area contributed by atoms with Gasteiger partial charge in [0.25, 0.3) is 0 Å². The fourth-order valence-electron chi connectivity index (χ4n) is 3.27. The zero-order valence-electron chi connectivity index (χ0n) is 19.3. The normalized spacial score (nSPS) is 14.8. The first kappa shape index (κ1) is 24.3. The van der Waals surface area contributed by atoms with E-state index >= 15 is 0 Å². The predicted molar refractivity (Wildman–Crippen MR) is 139 cm³/mol. The maximum absolute atomic E-state index is 13.2. The largest absolute Gasteiger partial charge is 0.279 e. The average molecular weight is 462 g/mol. The summed E-state index contributed by atoms with van der Waals surface area (Å²) in [5.74, 6) is -0.383. The van der Waals surface area contributed by atoms with Gasteiger partial charge in [0, 0.05) is 17.6 Å². The first-order valence-electron chi connectivity index (χ1n) is 10.6. The zero-order chi connectivity index (χ0) is 24.0. The smallest absolute Gasteiger partial charge is 0.141 e. The van der Waals surface area contributed by atoms with E-state index in [4.69, 9.17) is 10.1 Å². The molecule has 1 aliphatic rings. The lowest BCUT2D eigenvalue weighted by molar-refractivity contribution is 0.376. The standard InChI is InChI=1S/C26H28FN5S/c1-17-8-7-9-22(14-17)20(4)30-21(5)24-12-10-18(2)32(31-24)16-19(3)33-26(28-6)25-13-11-23(27)15-29-25/h7-9,11,13-15H,2-4,10,12,16H2,1,5-6H3. The van der Waals surface area contributed by atoms with Crippen LogP contribution in [0, 0.1) is 12.7 Å². The highest BCUT2D eigenvalue weighted by atomic mass is 32.2. The number of thioether (sulfide) groups is 1. The van der Waals surface area contributed by atoms with Crippen LogP contribution in [0.4, 0.5) is 4.39 Å². The second kappa shape index (κ2) is 11.0. The van der Waals surface area contributed by atoms with Crippen molar-refractivity contribution in [3.8, 4) is 0 Å². The van der Waals surface area contributed by atoms with E-state index in [1.165, 1.54) is 29.6 Å². The lowest BCUT2D eigenvalue weighted by Crippen LogP contribution is -2.28. The van der Waals surface area contributed by atoms with Crippen LogP contribution in [-0.4, -0.2) is 40.1 Å². The number of rotatable bonds is 7. The highest BCUT2D eigenvalue weighted by Crippen LogP contribution is 2.26. The van der Waals surface area contributed by atoms with E-state index in [0.717, 1.165) is 40.4 Å². The van der Waals surface area contributed by atoms with Gasteiger partial charge in [-0.05, 0) is 50.5 Å². The van der Waals surface area contributed by atoms with Gasteiger partial charge in [-0.3, -0.25) is 20.0 Å². The van der Waals surface area contributed by atoms with Gasteiger partial charge in [0.1, 0.15) is 10.9 Å². The van der Waals surface area contributed by atoms with Gasteiger partial charge in [-0.15, -0.1) is 0 Å². The van der Waals surface area contributed by atoms with Crippen molar-refractivity contribution < 1.29 is 4.39 Å². The number of hydrogen-bond acceptors (Lipinski definition) is 6. The summed E-state index contributed by atoms with van der Waals surface area (Å²) in [4.78, 5) is 13.9. The fourth-order valence-corrected chi connectivity index (χ4v) is 4.04. The number of benzene rings is 1. The summed E-state index contributed by atoms with van der Waals surface area (Å²) in [5.41, 5.74) is 6.14. The van der Waals surface area contributed by atoms with Gasteiger partial charge >= 0.3 is 0 Å². The van der Waals surface area contributed by atoms with Gasteiger partial charge < -0.3 is 0 Å². The number of halogens is 1. The lowest BCUT2D eigenvalue weighted by Gasteiger charge is -2.28. The van der Waals surface area contributed by atoms with E-state index < -0.39 is 0 Å².